The third-order valence-electron chi connectivity index (χ3n) is 11.4. The predicted molar refractivity (Wildman–Crippen MR) is 338 cm³/mol. The topological polar surface area (TPSA) is 181 Å². The Morgan fingerprint density at radius 2 is 0.780 bits per heavy atom. The van der Waals surface area contributed by atoms with E-state index in [1.165, 1.54) is 59.9 Å². The first-order valence-corrected chi connectivity index (χ1v) is 29.1. The molecule has 0 aromatic heterocycles. The van der Waals surface area contributed by atoms with Crippen LogP contribution >= 0.6 is 127 Å². The number of hydrogen-bond acceptors (Lipinski definition) is 13. The van der Waals surface area contributed by atoms with Gasteiger partial charge in [0.25, 0.3) is 0 Å². The summed E-state index contributed by atoms with van der Waals surface area (Å²) in [5.41, 5.74) is 20.4. The number of rotatable bonds is 16. The number of aliphatic imine (C=N–C) groups is 2. The molecule has 0 saturated heterocycles. The molecule has 0 fully saturated rings. The number of amidine groups is 4. The van der Waals surface area contributed by atoms with Crippen molar-refractivity contribution in [1.29, 1.82) is 10.8 Å². The van der Waals surface area contributed by atoms with Gasteiger partial charge in [0, 0.05) is 36.1 Å². The first-order chi connectivity index (χ1) is 37.3. The van der Waals surface area contributed by atoms with Gasteiger partial charge in [0.05, 0.1) is 63.5 Å². The average Bonchev–Trinajstić information content (AvgIpc) is 3.48. The third-order valence-corrected chi connectivity index (χ3v) is 16.4. The minimum atomic E-state index is -4.34. The molecule has 7 rings (SSSR count). The van der Waals surface area contributed by atoms with E-state index in [2.05, 4.69) is 30.4 Å². The molecule has 2 aliphatic heterocycles. The second-order valence-corrected chi connectivity index (χ2v) is 22.8. The molecule has 11 nitrogen and oxygen atoms in total. The summed E-state index contributed by atoms with van der Waals surface area (Å²) in [4.78, 5) is 13.4. The number of halogens is 15. The van der Waals surface area contributed by atoms with E-state index in [1.807, 2.05) is 12.1 Å². The molecule has 10 N–H and O–H groups in total. The van der Waals surface area contributed by atoms with Crippen LogP contribution in [0.15, 0.2) is 107 Å². The molecule has 5 aromatic carbocycles. The van der Waals surface area contributed by atoms with Gasteiger partial charge >= 0.3 is 18.5 Å². The highest BCUT2D eigenvalue weighted by molar-refractivity contribution is 8.93. The molecule has 452 valence electrons. The van der Waals surface area contributed by atoms with Crippen molar-refractivity contribution in [2.75, 3.05) is 46.3 Å². The molecule has 0 spiro atoms. The summed E-state index contributed by atoms with van der Waals surface area (Å²) < 4.78 is 113. The van der Waals surface area contributed by atoms with Crippen LogP contribution in [0.3, 0.4) is 0 Å². The quantitative estimate of drug-likeness (QED) is 0.0284. The van der Waals surface area contributed by atoms with Gasteiger partial charge in [-0.05, 0) is 125 Å². The Bertz CT molecular complexity index is 2720. The van der Waals surface area contributed by atoms with Gasteiger partial charge in [-0.1, -0.05) is 137 Å². The molecule has 0 aliphatic carbocycles. The van der Waals surface area contributed by atoms with E-state index >= 15 is 0 Å². The number of thioether (sulfide) groups is 4. The third kappa shape index (κ3) is 26.2. The number of hydrogen-bond donors (Lipinski definition) is 7. The monoisotopic (exact) mass is 1440 g/mol. The van der Waals surface area contributed by atoms with Crippen molar-refractivity contribution in [3.05, 3.63) is 173 Å². The standard InChI is InChI=1S/C32H32Cl2F6N6S2.C10H12Cl2N4S2.C9H10F3N.CH4.2BrH/c33-27-13-23(15-47-29-41-17-45(18-42-29)11-9-21-1-5-25(6-2-21)31(35,36)37)24(14-28(27)34)16-48-30-43-19-46(20-44-30)12-10-22-3-7-26(8-4-22)32(38,39)40;11-7-1-5(3-17-9(13)14)6(2-8(7)12)4-18-10(15)16;10-9(11,12)8-3-1-7(2-4-8)5-6-13;;;/h1-8,13-14H,9-12,15-20H2,(H,41,42)(H,43,44);1-2H,3-4H2,(H3,13,14)(H3,15,16);1-4H,5-6,13H2;1H4;2*1H. The summed E-state index contributed by atoms with van der Waals surface area (Å²) in [6, 6.07) is 22.8. The average molecular weight is 1440 g/mol. The summed E-state index contributed by atoms with van der Waals surface area (Å²) in [5.74, 6) is 2.31. The van der Waals surface area contributed by atoms with Crippen molar-refractivity contribution in [2.24, 2.45) is 27.2 Å². The maximum atomic E-state index is 12.8. The van der Waals surface area contributed by atoms with Crippen molar-refractivity contribution in [3.8, 4) is 0 Å². The Balaban J connectivity index is 0.000000553. The van der Waals surface area contributed by atoms with Crippen LogP contribution in [0.1, 0.15) is 63.1 Å². The minimum Gasteiger partial charge on any atom is -0.379 e. The molecule has 30 heteroatoms. The molecule has 0 saturated carbocycles. The Kier molecular flexibility index (Phi) is 32.9. The zero-order valence-corrected chi connectivity index (χ0v) is 52.2. The Morgan fingerprint density at radius 3 is 1.02 bits per heavy atom. The fourth-order valence-electron chi connectivity index (χ4n) is 7.11. The lowest BCUT2D eigenvalue weighted by Gasteiger charge is -2.27. The predicted octanol–water partition coefficient (Wildman–Crippen LogP) is 15.6. The van der Waals surface area contributed by atoms with Crippen molar-refractivity contribution in [1.82, 2.24) is 20.4 Å². The molecule has 82 heavy (non-hydrogen) atoms. The van der Waals surface area contributed by atoms with Gasteiger partial charge in [-0.25, -0.2) is 9.98 Å². The maximum absolute atomic E-state index is 12.8. The summed E-state index contributed by atoms with van der Waals surface area (Å²) in [6.45, 7) is 3.86. The summed E-state index contributed by atoms with van der Waals surface area (Å²) in [7, 11) is 0. The Morgan fingerprint density at radius 1 is 0.500 bits per heavy atom. The number of benzene rings is 5. The molecule has 5 aromatic rings. The first kappa shape index (κ1) is 74.8. The van der Waals surface area contributed by atoms with E-state index in [1.54, 1.807) is 35.7 Å². The molecular formula is C52H60Br2Cl4F9N11S4. The number of alkyl halides is 9. The molecule has 0 bridgehead atoms. The largest absolute Gasteiger partial charge is 0.416 e. The van der Waals surface area contributed by atoms with E-state index in [4.69, 9.17) is 74.4 Å². The van der Waals surface area contributed by atoms with Crippen LogP contribution in [-0.4, -0.2) is 76.8 Å². The number of nitrogens with zero attached hydrogens (tertiary/aromatic N) is 4. The van der Waals surface area contributed by atoms with Crippen LogP contribution in [0.4, 0.5) is 39.5 Å². The van der Waals surface area contributed by atoms with Gasteiger partial charge in [0.15, 0.2) is 20.7 Å². The van der Waals surface area contributed by atoms with Crippen LogP contribution in [0.5, 0.6) is 0 Å². The SMILES string of the molecule is Br.Br.C.FC(F)(F)c1ccc(CCN2CN=C(SCc3cc(Cl)c(Cl)cc3CSC3=NCN(CCc4ccc(C(F)(F)F)cc4)CN3)NC2)cc1.N=C(N)SCc1cc(Cl)c(Cl)cc1CSC(=N)N.NCCc1ccc(C(F)(F)F)cc1. The molecule has 2 aliphatic rings. The molecule has 0 atom stereocenters. The summed E-state index contributed by atoms with van der Waals surface area (Å²) in [5, 5.41) is 24.6. The van der Waals surface area contributed by atoms with Crippen LogP contribution in [-0.2, 0) is 60.8 Å². The van der Waals surface area contributed by atoms with E-state index in [-0.39, 0.29) is 51.7 Å². The zero-order chi connectivity index (χ0) is 57.9. The van der Waals surface area contributed by atoms with Crippen LogP contribution in [0.25, 0.3) is 0 Å². The van der Waals surface area contributed by atoms with E-state index in [0.717, 1.165) is 85.7 Å². The highest BCUT2D eigenvalue weighted by Gasteiger charge is 2.32. The Hall–Kier alpha value is -3.25. The van der Waals surface area contributed by atoms with Gasteiger partial charge in [0.1, 0.15) is 0 Å². The van der Waals surface area contributed by atoms with Crippen molar-refractivity contribution in [3.63, 3.8) is 0 Å². The second kappa shape index (κ2) is 36.0. The van der Waals surface area contributed by atoms with Gasteiger partial charge in [-0.3, -0.25) is 20.6 Å². The molecule has 0 unspecified atom stereocenters. The molecule has 0 amide bonds. The van der Waals surface area contributed by atoms with E-state index in [0.29, 0.717) is 109 Å². The minimum absolute atomic E-state index is 0. The normalized spacial score (nSPS) is 13.6. The van der Waals surface area contributed by atoms with Crippen molar-refractivity contribution >= 4 is 148 Å². The van der Waals surface area contributed by atoms with Crippen molar-refractivity contribution in [2.45, 2.75) is 68.2 Å². The smallest absolute Gasteiger partial charge is 0.379 e. The lowest BCUT2D eigenvalue weighted by molar-refractivity contribution is -0.138. The molecule has 0 radical (unpaired) electrons. The number of nitrogens with one attached hydrogen (secondary N) is 4. The van der Waals surface area contributed by atoms with Gasteiger partial charge in [0.2, 0.25) is 0 Å². The van der Waals surface area contributed by atoms with E-state index in [9.17, 15) is 39.5 Å². The van der Waals surface area contributed by atoms with Crippen molar-refractivity contribution < 1.29 is 39.5 Å². The summed E-state index contributed by atoms with van der Waals surface area (Å²) in [6.07, 6.45) is -11.1. The highest BCUT2D eigenvalue weighted by atomic mass is 79.9. The molecule has 2 heterocycles. The fourth-order valence-corrected chi connectivity index (χ4v) is 10.8. The van der Waals surface area contributed by atoms with Gasteiger partial charge in [-0.15, -0.1) is 34.0 Å². The second-order valence-electron chi connectivity index (χ2n) is 17.2. The lowest BCUT2D eigenvalue weighted by atomic mass is 10.1. The number of nitrogens with two attached hydrogens (primary N) is 3. The van der Waals surface area contributed by atoms with E-state index < -0.39 is 35.2 Å². The van der Waals surface area contributed by atoms with Crippen LogP contribution in [0, 0.1) is 10.8 Å². The summed E-state index contributed by atoms with van der Waals surface area (Å²) >= 11 is 30.2. The van der Waals surface area contributed by atoms with Crippen LogP contribution in [0.2, 0.25) is 20.1 Å². The first-order valence-electron chi connectivity index (χ1n) is 23.6. The Labute approximate surface area is 529 Å². The van der Waals surface area contributed by atoms with Gasteiger partial charge < -0.3 is 27.8 Å². The fraction of sp³-hybridized carbons (Fsp3) is 0.346. The van der Waals surface area contributed by atoms with Gasteiger partial charge in [-0.2, -0.15) is 39.5 Å². The molecular weight excluding hydrogens is 1380 g/mol. The van der Waals surface area contributed by atoms with Crippen LogP contribution < -0.4 is 27.8 Å². The lowest BCUT2D eigenvalue weighted by Crippen LogP contribution is -2.42. The maximum Gasteiger partial charge on any atom is 0.416 e. The highest BCUT2D eigenvalue weighted by Crippen LogP contribution is 2.34. The zero-order valence-electron chi connectivity index (χ0n) is 42.5.